The Morgan fingerprint density at radius 1 is 1.31 bits per heavy atom. The standard InChI is InChI=1S/C20H23NO3S2/c1-4-24-20(23)17-15-10-5-12(2)11-16(15)26-19(17)21-18(22)13-6-8-14(25-3)9-7-13/h6-9,12H,4-5,10-11H2,1-3H3,(H,21,22)/t12-/m1/s1. The average molecular weight is 390 g/mol. The minimum atomic E-state index is -0.340. The molecule has 2 aromatic rings. The number of nitrogens with one attached hydrogen (secondary N) is 1. The Morgan fingerprint density at radius 2 is 2.04 bits per heavy atom. The molecule has 1 N–H and O–H groups in total. The van der Waals surface area contributed by atoms with Crippen LogP contribution in [0.4, 0.5) is 5.00 Å². The van der Waals surface area contributed by atoms with Crippen molar-refractivity contribution in [2.45, 2.75) is 38.0 Å². The molecule has 26 heavy (non-hydrogen) atoms. The normalized spacial score (nSPS) is 16.0. The summed E-state index contributed by atoms with van der Waals surface area (Å²) in [7, 11) is 0. The molecule has 0 fully saturated rings. The molecule has 0 radical (unpaired) electrons. The van der Waals surface area contributed by atoms with E-state index < -0.39 is 0 Å². The van der Waals surface area contributed by atoms with Crippen LogP contribution in [0.15, 0.2) is 29.2 Å². The van der Waals surface area contributed by atoms with E-state index in [1.807, 2.05) is 18.4 Å². The Balaban J connectivity index is 1.90. The van der Waals surface area contributed by atoms with Gasteiger partial charge in [-0.25, -0.2) is 4.79 Å². The van der Waals surface area contributed by atoms with E-state index in [-0.39, 0.29) is 11.9 Å². The van der Waals surface area contributed by atoms with Crippen LogP contribution in [-0.4, -0.2) is 24.7 Å². The molecule has 1 atom stereocenters. The highest BCUT2D eigenvalue weighted by Crippen LogP contribution is 2.40. The van der Waals surface area contributed by atoms with E-state index in [0.29, 0.717) is 28.7 Å². The second-order valence-corrected chi connectivity index (χ2v) is 8.44. The summed E-state index contributed by atoms with van der Waals surface area (Å²) in [6.07, 6.45) is 4.86. The summed E-state index contributed by atoms with van der Waals surface area (Å²) in [5.41, 5.74) is 2.18. The molecule has 1 aromatic carbocycles. The first kappa shape index (κ1) is 19.0. The molecule has 0 saturated carbocycles. The third-order valence-corrected chi connectivity index (χ3v) is 6.48. The molecule has 1 aliphatic carbocycles. The molecular formula is C20H23NO3S2. The molecule has 1 aromatic heterocycles. The van der Waals surface area contributed by atoms with Crippen molar-refractivity contribution in [2.24, 2.45) is 5.92 Å². The van der Waals surface area contributed by atoms with Crippen LogP contribution in [0.1, 0.15) is 51.4 Å². The zero-order valence-electron chi connectivity index (χ0n) is 15.3. The van der Waals surface area contributed by atoms with Crippen LogP contribution < -0.4 is 5.32 Å². The Bertz CT molecular complexity index is 811. The van der Waals surface area contributed by atoms with E-state index in [9.17, 15) is 9.59 Å². The van der Waals surface area contributed by atoms with Crippen molar-refractivity contribution in [3.05, 3.63) is 45.8 Å². The van der Waals surface area contributed by atoms with Gasteiger partial charge in [-0.2, -0.15) is 0 Å². The van der Waals surface area contributed by atoms with Crippen LogP contribution in [0.2, 0.25) is 0 Å². The predicted molar refractivity (Wildman–Crippen MR) is 108 cm³/mol. The predicted octanol–water partition coefficient (Wildman–Crippen LogP) is 5.02. The number of hydrogen-bond donors (Lipinski definition) is 1. The lowest BCUT2D eigenvalue weighted by Gasteiger charge is -2.18. The van der Waals surface area contributed by atoms with Gasteiger partial charge in [-0.1, -0.05) is 6.92 Å². The van der Waals surface area contributed by atoms with E-state index in [2.05, 4.69) is 12.2 Å². The second kappa shape index (κ2) is 8.27. The lowest BCUT2D eigenvalue weighted by molar-refractivity contribution is 0.0526. The van der Waals surface area contributed by atoms with Crippen molar-refractivity contribution < 1.29 is 14.3 Å². The number of hydrogen-bond acceptors (Lipinski definition) is 5. The largest absolute Gasteiger partial charge is 0.462 e. The zero-order chi connectivity index (χ0) is 18.7. The van der Waals surface area contributed by atoms with Gasteiger partial charge in [0, 0.05) is 15.3 Å². The summed E-state index contributed by atoms with van der Waals surface area (Å²) in [5.74, 6) is 0.0567. The second-order valence-electron chi connectivity index (χ2n) is 6.46. The maximum atomic E-state index is 12.7. The van der Waals surface area contributed by atoms with Crippen LogP contribution in [0.3, 0.4) is 0 Å². The van der Waals surface area contributed by atoms with Crippen molar-refractivity contribution in [1.29, 1.82) is 0 Å². The molecule has 0 bridgehead atoms. The molecular weight excluding hydrogens is 366 g/mol. The molecule has 0 spiro atoms. The minimum absolute atomic E-state index is 0.199. The van der Waals surface area contributed by atoms with E-state index >= 15 is 0 Å². The topological polar surface area (TPSA) is 55.4 Å². The van der Waals surface area contributed by atoms with Gasteiger partial charge in [0.25, 0.3) is 5.91 Å². The summed E-state index contributed by atoms with van der Waals surface area (Å²) < 4.78 is 5.25. The smallest absolute Gasteiger partial charge is 0.341 e. The van der Waals surface area contributed by atoms with Crippen molar-refractivity contribution in [2.75, 3.05) is 18.2 Å². The fraction of sp³-hybridized carbons (Fsp3) is 0.400. The summed E-state index contributed by atoms with van der Waals surface area (Å²) in [6, 6.07) is 7.46. The van der Waals surface area contributed by atoms with E-state index in [1.165, 1.54) is 16.2 Å². The molecule has 6 heteroatoms. The third-order valence-electron chi connectivity index (χ3n) is 4.57. The van der Waals surface area contributed by atoms with Gasteiger partial charge in [0.1, 0.15) is 5.00 Å². The number of thiophene rings is 1. The van der Waals surface area contributed by atoms with E-state index in [0.717, 1.165) is 29.7 Å². The van der Waals surface area contributed by atoms with Gasteiger partial charge in [-0.15, -0.1) is 23.1 Å². The van der Waals surface area contributed by atoms with Crippen molar-refractivity contribution in [3.63, 3.8) is 0 Å². The summed E-state index contributed by atoms with van der Waals surface area (Å²) in [6.45, 7) is 4.34. The van der Waals surface area contributed by atoms with Gasteiger partial charge >= 0.3 is 5.97 Å². The number of fused-ring (bicyclic) bond motifs is 1. The highest BCUT2D eigenvalue weighted by Gasteiger charge is 2.29. The molecule has 0 saturated heterocycles. The average Bonchev–Trinajstić information content (AvgIpc) is 2.98. The zero-order valence-corrected chi connectivity index (χ0v) is 16.9. The van der Waals surface area contributed by atoms with Crippen LogP contribution in [-0.2, 0) is 17.6 Å². The molecule has 0 aliphatic heterocycles. The highest BCUT2D eigenvalue weighted by atomic mass is 32.2. The van der Waals surface area contributed by atoms with Crippen LogP contribution in [0.25, 0.3) is 0 Å². The quantitative estimate of drug-likeness (QED) is 0.576. The first-order valence-electron chi connectivity index (χ1n) is 8.80. The maximum Gasteiger partial charge on any atom is 0.341 e. The molecule has 138 valence electrons. The molecule has 0 unspecified atom stereocenters. The number of thioether (sulfide) groups is 1. The molecule has 3 rings (SSSR count). The van der Waals surface area contributed by atoms with Crippen LogP contribution in [0.5, 0.6) is 0 Å². The number of rotatable bonds is 5. The van der Waals surface area contributed by atoms with Crippen LogP contribution >= 0.6 is 23.1 Å². The third kappa shape index (κ3) is 3.96. The van der Waals surface area contributed by atoms with Gasteiger partial charge in [0.05, 0.1) is 12.2 Å². The first-order valence-corrected chi connectivity index (χ1v) is 10.8. The molecule has 1 heterocycles. The number of amides is 1. The van der Waals surface area contributed by atoms with Gasteiger partial charge in [-0.3, -0.25) is 4.79 Å². The molecule has 1 amide bonds. The lowest BCUT2D eigenvalue weighted by atomic mass is 9.88. The fourth-order valence-corrected chi connectivity index (χ4v) is 4.98. The Kier molecular flexibility index (Phi) is 6.04. The molecule has 1 aliphatic rings. The summed E-state index contributed by atoms with van der Waals surface area (Å²) in [4.78, 5) is 27.5. The summed E-state index contributed by atoms with van der Waals surface area (Å²) in [5, 5.41) is 3.56. The monoisotopic (exact) mass is 389 g/mol. The SMILES string of the molecule is CCOC(=O)c1c(NC(=O)c2ccc(SC)cc2)sc2c1CC[C@@H](C)C2. The Hall–Kier alpha value is -1.79. The number of esters is 1. The Morgan fingerprint density at radius 3 is 2.69 bits per heavy atom. The lowest BCUT2D eigenvalue weighted by Crippen LogP contribution is -2.16. The summed E-state index contributed by atoms with van der Waals surface area (Å²) >= 11 is 3.15. The van der Waals surface area contributed by atoms with Gasteiger partial charge in [0.15, 0.2) is 0 Å². The van der Waals surface area contributed by atoms with E-state index in [4.69, 9.17) is 4.74 Å². The maximum absolute atomic E-state index is 12.7. The number of anilines is 1. The number of ether oxygens (including phenoxy) is 1. The number of benzene rings is 1. The van der Waals surface area contributed by atoms with Crippen molar-refractivity contribution in [1.82, 2.24) is 0 Å². The van der Waals surface area contributed by atoms with E-state index in [1.54, 1.807) is 30.8 Å². The highest BCUT2D eigenvalue weighted by molar-refractivity contribution is 7.98. The van der Waals surface area contributed by atoms with Gasteiger partial charge < -0.3 is 10.1 Å². The van der Waals surface area contributed by atoms with Crippen LogP contribution in [0, 0.1) is 5.92 Å². The molecule has 4 nitrogen and oxygen atoms in total. The number of carbonyl (C=O) groups excluding carboxylic acids is 2. The number of carbonyl (C=O) groups is 2. The fourth-order valence-electron chi connectivity index (χ4n) is 3.18. The van der Waals surface area contributed by atoms with Crippen molar-refractivity contribution >= 4 is 40.0 Å². The van der Waals surface area contributed by atoms with Gasteiger partial charge in [0.2, 0.25) is 0 Å². The van der Waals surface area contributed by atoms with Crippen molar-refractivity contribution in [3.8, 4) is 0 Å². The first-order chi connectivity index (χ1) is 12.5. The Labute approximate surface area is 162 Å². The van der Waals surface area contributed by atoms with Gasteiger partial charge in [-0.05, 0) is 68.2 Å². The minimum Gasteiger partial charge on any atom is -0.462 e.